The van der Waals surface area contributed by atoms with Gasteiger partial charge >= 0.3 is 0 Å². The van der Waals surface area contributed by atoms with Crippen LogP contribution in [0.25, 0.3) is 0 Å². The molecule has 0 radical (unpaired) electrons. The molecule has 0 aromatic carbocycles. The first-order valence-corrected chi connectivity index (χ1v) is 5.49. The number of rotatable bonds is 2. The number of hydrogen-bond donors (Lipinski definition) is 1. The quantitative estimate of drug-likeness (QED) is 0.829. The van der Waals surface area contributed by atoms with Crippen LogP contribution < -0.4 is 5.32 Å². The topological polar surface area (TPSA) is 65.8 Å². The minimum atomic E-state index is -0.718. The van der Waals surface area contributed by atoms with Gasteiger partial charge in [0.05, 0.1) is 5.56 Å². The maximum Gasteiger partial charge on any atom is 0.256 e. The number of nitrogens with zero attached hydrogens (tertiary/aromatic N) is 2. The Kier molecular flexibility index (Phi) is 3.12. The van der Waals surface area contributed by atoms with Crippen LogP contribution in [0.2, 0.25) is 0 Å². The molecule has 6 heteroatoms. The van der Waals surface area contributed by atoms with Gasteiger partial charge in [0.25, 0.3) is 5.91 Å². The third kappa shape index (κ3) is 2.46. The average molecular weight is 247 g/mol. The highest BCUT2D eigenvalue weighted by Crippen LogP contribution is 2.22. The van der Waals surface area contributed by atoms with E-state index in [2.05, 4.69) is 10.3 Å². The van der Waals surface area contributed by atoms with Gasteiger partial charge in [0.2, 0.25) is 5.95 Å². The summed E-state index contributed by atoms with van der Waals surface area (Å²) in [5.74, 6) is -1.19. The van der Waals surface area contributed by atoms with Crippen LogP contribution in [0.15, 0.2) is 29.8 Å². The molecule has 2 aromatic rings. The van der Waals surface area contributed by atoms with Gasteiger partial charge in [-0.15, -0.1) is 11.3 Å². The third-order valence-corrected chi connectivity index (χ3v) is 2.83. The van der Waals surface area contributed by atoms with E-state index in [9.17, 15) is 9.18 Å². The molecular formula is C11H6FN3OS. The van der Waals surface area contributed by atoms with Crippen molar-refractivity contribution >= 4 is 22.2 Å². The van der Waals surface area contributed by atoms with E-state index < -0.39 is 11.9 Å². The molecule has 0 unspecified atom stereocenters. The van der Waals surface area contributed by atoms with E-state index in [-0.39, 0.29) is 5.56 Å². The van der Waals surface area contributed by atoms with Crippen LogP contribution in [-0.4, -0.2) is 10.9 Å². The van der Waals surface area contributed by atoms with Crippen LogP contribution in [0.4, 0.5) is 9.39 Å². The molecule has 17 heavy (non-hydrogen) atoms. The lowest BCUT2D eigenvalue weighted by Gasteiger charge is -2.02. The Morgan fingerprint density at radius 1 is 1.53 bits per heavy atom. The van der Waals surface area contributed by atoms with Crippen molar-refractivity contribution in [1.82, 2.24) is 4.98 Å². The van der Waals surface area contributed by atoms with Gasteiger partial charge in [-0.25, -0.2) is 4.98 Å². The average Bonchev–Trinajstić information content (AvgIpc) is 2.76. The number of anilines is 1. The first-order chi connectivity index (χ1) is 8.20. The number of pyridine rings is 1. The van der Waals surface area contributed by atoms with Gasteiger partial charge in [-0.2, -0.15) is 9.65 Å². The first kappa shape index (κ1) is 11.2. The van der Waals surface area contributed by atoms with E-state index in [1.165, 1.54) is 23.6 Å². The Labute approximate surface area is 100 Å². The van der Waals surface area contributed by atoms with Crippen molar-refractivity contribution in [2.75, 3.05) is 5.32 Å². The van der Waals surface area contributed by atoms with E-state index in [0.717, 1.165) is 6.07 Å². The van der Waals surface area contributed by atoms with Crippen molar-refractivity contribution in [2.24, 2.45) is 0 Å². The van der Waals surface area contributed by atoms with Crippen LogP contribution >= 0.6 is 11.3 Å². The lowest BCUT2D eigenvalue weighted by Crippen LogP contribution is -2.12. The molecule has 4 nitrogen and oxygen atoms in total. The summed E-state index contributed by atoms with van der Waals surface area (Å²) in [4.78, 5) is 15.1. The Balaban J connectivity index is 2.21. The predicted molar refractivity (Wildman–Crippen MR) is 61.2 cm³/mol. The highest BCUT2D eigenvalue weighted by molar-refractivity contribution is 7.14. The van der Waals surface area contributed by atoms with Crippen LogP contribution in [0.5, 0.6) is 0 Å². The number of amides is 1. The Hall–Kier alpha value is -2.26. The summed E-state index contributed by atoms with van der Waals surface area (Å²) in [5.41, 5.74) is 0.549. The summed E-state index contributed by atoms with van der Waals surface area (Å²) in [6, 6.07) is 6.00. The minimum absolute atomic E-state index is 0.162. The summed E-state index contributed by atoms with van der Waals surface area (Å²) in [5, 5.41) is 13.5. The SMILES string of the molecule is N#Cc1ccsc1NC(=O)c1ccnc(F)c1. The van der Waals surface area contributed by atoms with Crippen LogP contribution in [-0.2, 0) is 0 Å². The Bertz CT molecular complexity index is 603. The second-order valence-corrected chi connectivity index (χ2v) is 4.01. The van der Waals surface area contributed by atoms with Crippen LogP contribution in [0.1, 0.15) is 15.9 Å². The summed E-state index contributed by atoms with van der Waals surface area (Å²) < 4.78 is 12.8. The van der Waals surface area contributed by atoms with Crippen molar-refractivity contribution in [3.8, 4) is 6.07 Å². The number of aromatic nitrogens is 1. The highest BCUT2D eigenvalue weighted by atomic mass is 32.1. The number of thiophene rings is 1. The molecule has 0 saturated carbocycles. The molecule has 0 atom stereocenters. The van der Waals surface area contributed by atoms with Crippen molar-refractivity contribution in [3.63, 3.8) is 0 Å². The summed E-state index contributed by atoms with van der Waals surface area (Å²) in [7, 11) is 0. The van der Waals surface area contributed by atoms with Crippen molar-refractivity contribution < 1.29 is 9.18 Å². The molecule has 1 N–H and O–H groups in total. The molecule has 0 aliphatic heterocycles. The van der Waals surface area contributed by atoms with Crippen molar-refractivity contribution in [1.29, 1.82) is 5.26 Å². The number of carbonyl (C=O) groups is 1. The number of nitriles is 1. The monoisotopic (exact) mass is 247 g/mol. The molecule has 0 aliphatic carbocycles. The molecular weight excluding hydrogens is 241 g/mol. The first-order valence-electron chi connectivity index (χ1n) is 4.61. The lowest BCUT2D eigenvalue weighted by atomic mass is 10.2. The summed E-state index contributed by atoms with van der Waals surface area (Å²) >= 11 is 1.24. The number of nitrogens with one attached hydrogen (secondary N) is 1. The zero-order valence-corrected chi connectivity index (χ0v) is 9.29. The second kappa shape index (κ2) is 4.72. The van der Waals surface area contributed by atoms with Crippen LogP contribution in [0, 0.1) is 17.3 Å². The normalized spacial score (nSPS) is 9.65. The fourth-order valence-corrected chi connectivity index (χ4v) is 1.95. The largest absolute Gasteiger partial charge is 0.312 e. The van der Waals surface area contributed by atoms with Gasteiger partial charge in [0.1, 0.15) is 11.1 Å². The van der Waals surface area contributed by atoms with E-state index in [0.29, 0.717) is 10.6 Å². The molecule has 1 amide bonds. The van der Waals surface area contributed by atoms with Crippen molar-refractivity contribution in [2.45, 2.75) is 0 Å². The van der Waals surface area contributed by atoms with Gasteiger partial charge < -0.3 is 5.32 Å². The number of carbonyl (C=O) groups excluding carboxylic acids is 1. The summed E-state index contributed by atoms with van der Waals surface area (Å²) in [6.45, 7) is 0. The Morgan fingerprint density at radius 3 is 3.06 bits per heavy atom. The zero-order chi connectivity index (χ0) is 12.3. The smallest absolute Gasteiger partial charge is 0.256 e. The van der Waals surface area contributed by atoms with Gasteiger partial charge in [-0.3, -0.25) is 4.79 Å². The highest BCUT2D eigenvalue weighted by Gasteiger charge is 2.10. The number of halogens is 1. The fraction of sp³-hybridized carbons (Fsp3) is 0. The summed E-state index contributed by atoms with van der Waals surface area (Å²) in [6.07, 6.45) is 1.21. The van der Waals surface area contributed by atoms with Crippen LogP contribution in [0.3, 0.4) is 0 Å². The molecule has 0 bridgehead atoms. The molecule has 0 fully saturated rings. The molecule has 0 spiro atoms. The molecule has 2 rings (SSSR count). The molecule has 84 valence electrons. The van der Waals surface area contributed by atoms with E-state index in [4.69, 9.17) is 5.26 Å². The number of hydrogen-bond acceptors (Lipinski definition) is 4. The van der Waals surface area contributed by atoms with Gasteiger partial charge in [-0.1, -0.05) is 0 Å². The maximum atomic E-state index is 12.8. The zero-order valence-electron chi connectivity index (χ0n) is 8.48. The van der Waals surface area contributed by atoms with Gasteiger partial charge in [0, 0.05) is 17.8 Å². The second-order valence-electron chi connectivity index (χ2n) is 3.10. The van der Waals surface area contributed by atoms with E-state index in [1.807, 2.05) is 6.07 Å². The maximum absolute atomic E-state index is 12.8. The molecule has 2 aromatic heterocycles. The van der Waals surface area contributed by atoms with E-state index >= 15 is 0 Å². The van der Waals surface area contributed by atoms with E-state index in [1.54, 1.807) is 11.4 Å². The third-order valence-electron chi connectivity index (χ3n) is 2.00. The minimum Gasteiger partial charge on any atom is -0.312 e. The molecule has 2 heterocycles. The molecule has 0 saturated heterocycles. The molecule has 0 aliphatic rings. The van der Waals surface area contributed by atoms with Gasteiger partial charge in [0.15, 0.2) is 0 Å². The lowest BCUT2D eigenvalue weighted by molar-refractivity contribution is 0.102. The van der Waals surface area contributed by atoms with Gasteiger partial charge in [-0.05, 0) is 17.5 Å². The van der Waals surface area contributed by atoms with Crippen molar-refractivity contribution in [3.05, 3.63) is 46.9 Å². The standard InChI is InChI=1S/C11H6FN3OS/c12-9-5-7(1-3-14-9)10(16)15-11-8(6-13)2-4-17-11/h1-5H,(H,15,16). The fourth-order valence-electron chi connectivity index (χ4n) is 1.21. The predicted octanol–water partition coefficient (Wildman–Crippen LogP) is 2.41. The Morgan fingerprint density at radius 2 is 2.35 bits per heavy atom.